The van der Waals surface area contributed by atoms with Gasteiger partial charge in [0.1, 0.15) is 0 Å². The van der Waals surface area contributed by atoms with E-state index in [2.05, 4.69) is 20.4 Å². The molecule has 1 N–H and O–H groups in total. The monoisotopic (exact) mass is 152 g/mol. The second kappa shape index (κ2) is 1.89. The molecule has 2 fully saturated rings. The standard InChI is InChI=1S/C10H16O/c1-4-6-8-7(11)5-10(2,3)9(6)8/h4,6-9,11H,1,5H2,2-3H3/t6-,7+,8-,9-/m0/s1. The summed E-state index contributed by atoms with van der Waals surface area (Å²) in [6.45, 7) is 8.30. The highest BCUT2D eigenvalue weighted by Gasteiger charge is 2.64. The maximum atomic E-state index is 9.63. The minimum absolute atomic E-state index is 0.0574. The lowest BCUT2D eigenvalue weighted by molar-refractivity contribution is 0.128. The number of aliphatic hydroxyl groups is 1. The van der Waals surface area contributed by atoms with Crippen LogP contribution >= 0.6 is 0 Å². The summed E-state index contributed by atoms with van der Waals surface area (Å²) in [5.41, 5.74) is 0.350. The predicted octanol–water partition coefficient (Wildman–Crippen LogP) is 1.83. The Bertz CT molecular complexity index is 195. The van der Waals surface area contributed by atoms with E-state index >= 15 is 0 Å². The van der Waals surface area contributed by atoms with Gasteiger partial charge in [-0.3, -0.25) is 0 Å². The highest BCUT2D eigenvalue weighted by atomic mass is 16.3. The third kappa shape index (κ3) is 0.807. The molecule has 2 aliphatic carbocycles. The molecule has 0 bridgehead atoms. The van der Waals surface area contributed by atoms with Crippen molar-refractivity contribution in [1.82, 2.24) is 0 Å². The maximum absolute atomic E-state index is 9.63. The van der Waals surface area contributed by atoms with E-state index in [4.69, 9.17) is 0 Å². The van der Waals surface area contributed by atoms with Gasteiger partial charge < -0.3 is 5.11 Å². The molecule has 0 amide bonds. The summed E-state index contributed by atoms with van der Waals surface area (Å²) in [6.07, 6.45) is 2.93. The fraction of sp³-hybridized carbons (Fsp3) is 0.800. The Morgan fingerprint density at radius 2 is 2.18 bits per heavy atom. The minimum Gasteiger partial charge on any atom is -0.393 e. The van der Waals surface area contributed by atoms with Crippen LogP contribution in [0, 0.1) is 23.2 Å². The normalized spacial score (nSPS) is 51.9. The van der Waals surface area contributed by atoms with Crippen molar-refractivity contribution in [3.8, 4) is 0 Å². The molecule has 1 nitrogen and oxygen atoms in total. The van der Waals surface area contributed by atoms with Gasteiger partial charge in [0, 0.05) is 0 Å². The van der Waals surface area contributed by atoms with E-state index in [0.29, 0.717) is 17.3 Å². The van der Waals surface area contributed by atoms with Gasteiger partial charge in [0.15, 0.2) is 0 Å². The minimum atomic E-state index is -0.0574. The van der Waals surface area contributed by atoms with Gasteiger partial charge in [0.05, 0.1) is 6.10 Å². The zero-order valence-corrected chi connectivity index (χ0v) is 7.25. The van der Waals surface area contributed by atoms with Crippen LogP contribution in [0.25, 0.3) is 0 Å². The van der Waals surface area contributed by atoms with Crippen molar-refractivity contribution in [3.05, 3.63) is 12.7 Å². The van der Waals surface area contributed by atoms with Gasteiger partial charge in [-0.2, -0.15) is 0 Å². The number of rotatable bonds is 1. The quantitative estimate of drug-likeness (QED) is 0.568. The van der Waals surface area contributed by atoms with E-state index < -0.39 is 0 Å². The summed E-state index contributed by atoms with van der Waals surface area (Å²) in [5, 5.41) is 9.63. The first-order valence-electron chi connectivity index (χ1n) is 4.38. The topological polar surface area (TPSA) is 20.2 Å². The van der Waals surface area contributed by atoms with Gasteiger partial charge >= 0.3 is 0 Å². The molecule has 0 unspecified atom stereocenters. The lowest BCUT2D eigenvalue weighted by atomic mass is 9.85. The zero-order chi connectivity index (χ0) is 8.22. The maximum Gasteiger partial charge on any atom is 0.0582 e. The van der Waals surface area contributed by atoms with E-state index in [1.807, 2.05) is 6.08 Å². The van der Waals surface area contributed by atoms with Crippen LogP contribution in [0.2, 0.25) is 0 Å². The Morgan fingerprint density at radius 1 is 1.55 bits per heavy atom. The molecular formula is C10H16O. The highest BCUT2D eigenvalue weighted by molar-refractivity contribution is 5.18. The summed E-state index contributed by atoms with van der Waals surface area (Å²) in [6, 6.07) is 0. The molecule has 2 rings (SSSR count). The largest absolute Gasteiger partial charge is 0.393 e. The van der Waals surface area contributed by atoms with Gasteiger partial charge in [-0.1, -0.05) is 19.9 Å². The van der Waals surface area contributed by atoms with E-state index in [9.17, 15) is 5.11 Å². The van der Waals surface area contributed by atoms with Gasteiger partial charge in [-0.15, -0.1) is 6.58 Å². The van der Waals surface area contributed by atoms with Crippen molar-refractivity contribution in [2.45, 2.75) is 26.4 Å². The average molecular weight is 152 g/mol. The first-order valence-corrected chi connectivity index (χ1v) is 4.38. The van der Waals surface area contributed by atoms with Crippen molar-refractivity contribution in [2.24, 2.45) is 23.2 Å². The zero-order valence-electron chi connectivity index (χ0n) is 7.25. The Labute approximate surface area is 68.1 Å². The predicted molar refractivity (Wildman–Crippen MR) is 45.1 cm³/mol. The number of aliphatic hydroxyl groups excluding tert-OH is 1. The van der Waals surface area contributed by atoms with Crippen molar-refractivity contribution in [2.75, 3.05) is 0 Å². The summed E-state index contributed by atoms with van der Waals surface area (Å²) < 4.78 is 0. The van der Waals surface area contributed by atoms with Crippen LogP contribution in [0.4, 0.5) is 0 Å². The SMILES string of the molecule is C=C[C@H]1[C@@H]2[C@H]1C(C)(C)C[C@H]2O. The molecule has 0 aromatic heterocycles. The van der Waals surface area contributed by atoms with E-state index in [1.165, 1.54) is 0 Å². The second-order valence-electron chi connectivity index (χ2n) is 4.68. The molecule has 0 aromatic carbocycles. The Balaban J connectivity index is 2.19. The van der Waals surface area contributed by atoms with Crippen LogP contribution in [0.1, 0.15) is 20.3 Å². The lowest BCUT2D eigenvalue weighted by Gasteiger charge is -2.22. The molecule has 0 radical (unpaired) electrons. The van der Waals surface area contributed by atoms with E-state index in [-0.39, 0.29) is 6.10 Å². The molecule has 0 saturated heterocycles. The summed E-state index contributed by atoms with van der Waals surface area (Å²) >= 11 is 0. The second-order valence-corrected chi connectivity index (χ2v) is 4.68. The third-order valence-corrected chi connectivity index (χ3v) is 3.49. The molecule has 11 heavy (non-hydrogen) atoms. The van der Waals surface area contributed by atoms with Gasteiger partial charge in [0.25, 0.3) is 0 Å². The van der Waals surface area contributed by atoms with Crippen LogP contribution in [-0.4, -0.2) is 11.2 Å². The number of hydrogen-bond donors (Lipinski definition) is 1. The van der Waals surface area contributed by atoms with Gasteiger partial charge in [-0.05, 0) is 29.6 Å². The number of fused-ring (bicyclic) bond motifs is 1. The molecule has 1 heteroatoms. The van der Waals surface area contributed by atoms with Crippen LogP contribution in [-0.2, 0) is 0 Å². The van der Waals surface area contributed by atoms with Crippen LogP contribution in [0.5, 0.6) is 0 Å². The van der Waals surface area contributed by atoms with Gasteiger partial charge in [0.2, 0.25) is 0 Å². The van der Waals surface area contributed by atoms with Crippen molar-refractivity contribution in [3.63, 3.8) is 0 Å². The Hall–Kier alpha value is -0.300. The molecule has 0 aromatic rings. The smallest absolute Gasteiger partial charge is 0.0582 e. The van der Waals surface area contributed by atoms with Crippen LogP contribution in [0.15, 0.2) is 12.7 Å². The molecule has 0 aliphatic heterocycles. The summed E-state index contributed by atoms with van der Waals surface area (Å²) in [7, 11) is 0. The lowest BCUT2D eigenvalue weighted by Crippen LogP contribution is -2.17. The fourth-order valence-corrected chi connectivity index (χ4v) is 3.01. The van der Waals surface area contributed by atoms with Crippen molar-refractivity contribution < 1.29 is 5.11 Å². The Morgan fingerprint density at radius 3 is 2.45 bits per heavy atom. The first-order chi connectivity index (χ1) is 5.08. The molecule has 0 spiro atoms. The summed E-state index contributed by atoms with van der Waals surface area (Å²) in [5.74, 6) is 1.87. The highest BCUT2D eigenvalue weighted by Crippen LogP contribution is 2.66. The van der Waals surface area contributed by atoms with E-state index in [0.717, 1.165) is 12.3 Å². The molecule has 0 heterocycles. The fourth-order valence-electron chi connectivity index (χ4n) is 3.01. The third-order valence-electron chi connectivity index (χ3n) is 3.49. The molecular weight excluding hydrogens is 136 g/mol. The number of hydrogen-bond acceptors (Lipinski definition) is 1. The average Bonchev–Trinajstić information content (AvgIpc) is 2.53. The molecule has 62 valence electrons. The summed E-state index contributed by atoms with van der Waals surface area (Å²) in [4.78, 5) is 0. The van der Waals surface area contributed by atoms with Crippen molar-refractivity contribution in [1.29, 1.82) is 0 Å². The molecule has 2 aliphatic rings. The van der Waals surface area contributed by atoms with Crippen LogP contribution < -0.4 is 0 Å². The number of allylic oxidation sites excluding steroid dienone is 1. The molecule has 4 atom stereocenters. The van der Waals surface area contributed by atoms with Crippen molar-refractivity contribution >= 4 is 0 Å². The van der Waals surface area contributed by atoms with Crippen LogP contribution in [0.3, 0.4) is 0 Å². The first kappa shape index (κ1) is 7.35. The molecule has 2 saturated carbocycles. The van der Waals surface area contributed by atoms with E-state index in [1.54, 1.807) is 0 Å². The Kier molecular flexibility index (Phi) is 1.26. The van der Waals surface area contributed by atoms with Gasteiger partial charge in [-0.25, -0.2) is 0 Å².